The Morgan fingerprint density at radius 1 is 1.56 bits per heavy atom. The fourth-order valence-electron chi connectivity index (χ4n) is 1.18. The summed E-state index contributed by atoms with van der Waals surface area (Å²) in [6.45, 7) is 1.90. The molecule has 0 aromatic carbocycles. The minimum Gasteiger partial charge on any atom is -0.478 e. The Hall–Kier alpha value is -0.790. The smallest absolute Gasteiger partial charge is 0.331 e. The number of aliphatic carboxylic acids is 1. The van der Waals surface area contributed by atoms with Crippen molar-refractivity contribution in [2.45, 2.75) is 26.2 Å². The van der Waals surface area contributed by atoms with Gasteiger partial charge in [0.2, 0.25) is 0 Å². The quantitative estimate of drug-likeness (QED) is 0.579. The van der Waals surface area contributed by atoms with Crippen molar-refractivity contribution >= 4 is 5.97 Å². The third-order valence-corrected chi connectivity index (χ3v) is 1.75. The van der Waals surface area contributed by atoms with Crippen LogP contribution in [0.2, 0.25) is 0 Å². The monoisotopic (exact) mass is 126 g/mol. The normalized spacial score (nSPS) is 18.8. The molecule has 0 saturated heterocycles. The predicted octanol–water partition coefficient (Wildman–Crippen LogP) is 1.57. The van der Waals surface area contributed by atoms with Gasteiger partial charge in [0.15, 0.2) is 0 Å². The van der Waals surface area contributed by atoms with Crippen LogP contribution in [0.5, 0.6) is 0 Å². The molecule has 0 fully saturated rings. The van der Waals surface area contributed by atoms with E-state index in [1.807, 2.05) is 6.92 Å². The third kappa shape index (κ3) is 1.12. The molecule has 50 valence electrons. The van der Waals surface area contributed by atoms with Crippen molar-refractivity contribution in [3.8, 4) is 0 Å². The first-order valence-electron chi connectivity index (χ1n) is 3.13. The first kappa shape index (κ1) is 6.33. The fourth-order valence-corrected chi connectivity index (χ4v) is 1.18. The van der Waals surface area contributed by atoms with Gasteiger partial charge in [0.1, 0.15) is 0 Å². The van der Waals surface area contributed by atoms with E-state index in [2.05, 4.69) is 0 Å². The van der Waals surface area contributed by atoms with E-state index in [0.29, 0.717) is 5.57 Å². The molecule has 2 nitrogen and oxygen atoms in total. The number of allylic oxidation sites excluding steroid dienone is 1. The van der Waals surface area contributed by atoms with Crippen LogP contribution in [-0.4, -0.2) is 11.1 Å². The summed E-state index contributed by atoms with van der Waals surface area (Å²) in [5.41, 5.74) is 1.69. The second kappa shape index (κ2) is 2.21. The Morgan fingerprint density at radius 3 is 2.44 bits per heavy atom. The molecule has 9 heavy (non-hydrogen) atoms. The van der Waals surface area contributed by atoms with Crippen LogP contribution in [0.3, 0.4) is 0 Å². The summed E-state index contributed by atoms with van der Waals surface area (Å²) in [4.78, 5) is 10.4. The maximum Gasteiger partial charge on any atom is 0.331 e. The molecule has 1 N–H and O–H groups in total. The predicted molar refractivity (Wildman–Crippen MR) is 34.2 cm³/mol. The van der Waals surface area contributed by atoms with Gasteiger partial charge in [0, 0.05) is 5.57 Å². The summed E-state index contributed by atoms with van der Waals surface area (Å²) in [5.74, 6) is -0.731. The fraction of sp³-hybridized carbons (Fsp3) is 0.571. The molecule has 2 heteroatoms. The van der Waals surface area contributed by atoms with Gasteiger partial charge in [0.05, 0.1) is 0 Å². The number of rotatable bonds is 1. The molecule has 0 radical (unpaired) electrons. The lowest BCUT2D eigenvalue weighted by Crippen LogP contribution is -1.98. The van der Waals surface area contributed by atoms with Crippen molar-refractivity contribution in [2.24, 2.45) is 0 Å². The van der Waals surface area contributed by atoms with Gasteiger partial charge in [-0.1, -0.05) is 5.57 Å². The van der Waals surface area contributed by atoms with E-state index in [0.717, 1.165) is 24.8 Å². The average Bonchev–Trinajstić information content (AvgIpc) is 2.13. The van der Waals surface area contributed by atoms with E-state index >= 15 is 0 Å². The van der Waals surface area contributed by atoms with Gasteiger partial charge in [-0.15, -0.1) is 0 Å². The second-order valence-electron chi connectivity index (χ2n) is 2.42. The van der Waals surface area contributed by atoms with E-state index < -0.39 is 5.97 Å². The highest BCUT2D eigenvalue weighted by Gasteiger charge is 2.15. The second-order valence-corrected chi connectivity index (χ2v) is 2.42. The lowest BCUT2D eigenvalue weighted by Gasteiger charge is -1.92. The summed E-state index contributed by atoms with van der Waals surface area (Å²) in [7, 11) is 0. The van der Waals surface area contributed by atoms with E-state index in [1.54, 1.807) is 0 Å². The molecule has 0 bridgehead atoms. The summed E-state index contributed by atoms with van der Waals surface area (Å²) < 4.78 is 0. The number of carboxylic acid groups (broad SMARTS) is 1. The minimum absolute atomic E-state index is 0.634. The van der Waals surface area contributed by atoms with Crippen molar-refractivity contribution in [3.63, 3.8) is 0 Å². The number of carbonyl (C=O) groups is 1. The lowest BCUT2D eigenvalue weighted by molar-refractivity contribution is -0.132. The summed E-state index contributed by atoms with van der Waals surface area (Å²) >= 11 is 0. The van der Waals surface area contributed by atoms with Crippen LogP contribution in [0.1, 0.15) is 26.2 Å². The van der Waals surface area contributed by atoms with Crippen molar-refractivity contribution in [3.05, 3.63) is 11.1 Å². The van der Waals surface area contributed by atoms with E-state index in [-0.39, 0.29) is 0 Å². The summed E-state index contributed by atoms with van der Waals surface area (Å²) in [6, 6.07) is 0. The molecule has 0 atom stereocenters. The molecule has 0 unspecified atom stereocenters. The van der Waals surface area contributed by atoms with Gasteiger partial charge in [-0.25, -0.2) is 4.79 Å². The zero-order valence-corrected chi connectivity index (χ0v) is 5.48. The Morgan fingerprint density at radius 2 is 2.22 bits per heavy atom. The molecule has 0 amide bonds. The van der Waals surface area contributed by atoms with E-state index in [9.17, 15) is 4.79 Å². The highest BCUT2D eigenvalue weighted by Crippen LogP contribution is 2.24. The Bertz CT molecular complexity index is 168. The highest BCUT2D eigenvalue weighted by atomic mass is 16.4. The topological polar surface area (TPSA) is 37.3 Å². The zero-order chi connectivity index (χ0) is 6.85. The molecular weight excluding hydrogens is 116 g/mol. The van der Waals surface area contributed by atoms with Crippen molar-refractivity contribution in [1.29, 1.82) is 0 Å². The van der Waals surface area contributed by atoms with E-state index in [4.69, 9.17) is 5.11 Å². The molecule has 0 saturated carbocycles. The van der Waals surface area contributed by atoms with Gasteiger partial charge >= 0.3 is 5.97 Å². The van der Waals surface area contributed by atoms with Crippen LogP contribution >= 0.6 is 0 Å². The Balaban J connectivity index is 2.78. The van der Waals surface area contributed by atoms with Crippen LogP contribution in [-0.2, 0) is 4.79 Å². The van der Waals surface area contributed by atoms with Gasteiger partial charge in [0.25, 0.3) is 0 Å². The molecule has 1 aliphatic carbocycles. The average molecular weight is 126 g/mol. The highest BCUT2D eigenvalue weighted by molar-refractivity contribution is 5.87. The number of hydrogen-bond acceptors (Lipinski definition) is 1. The van der Waals surface area contributed by atoms with Crippen molar-refractivity contribution in [1.82, 2.24) is 0 Å². The summed E-state index contributed by atoms with van der Waals surface area (Å²) in [6.07, 6.45) is 2.76. The zero-order valence-electron chi connectivity index (χ0n) is 5.48. The van der Waals surface area contributed by atoms with Gasteiger partial charge in [-0.05, 0) is 26.2 Å². The first-order valence-corrected chi connectivity index (χ1v) is 3.13. The molecule has 0 aliphatic heterocycles. The standard InChI is InChI=1S/C7H10O2/c1-5-3-2-4-6(5)7(8)9/h2-4H2,1H3,(H,8,9). The minimum atomic E-state index is -0.731. The molecule has 0 aromatic rings. The Labute approximate surface area is 54.2 Å². The molecular formula is C7H10O2. The van der Waals surface area contributed by atoms with Gasteiger partial charge < -0.3 is 5.11 Å². The SMILES string of the molecule is CC1=C(C(=O)O)CCC1. The van der Waals surface area contributed by atoms with Crippen LogP contribution in [0.15, 0.2) is 11.1 Å². The van der Waals surface area contributed by atoms with Crippen molar-refractivity contribution in [2.75, 3.05) is 0 Å². The van der Waals surface area contributed by atoms with Crippen molar-refractivity contribution < 1.29 is 9.90 Å². The van der Waals surface area contributed by atoms with Gasteiger partial charge in [-0.3, -0.25) is 0 Å². The van der Waals surface area contributed by atoms with Crippen LogP contribution in [0.4, 0.5) is 0 Å². The maximum atomic E-state index is 10.4. The maximum absolute atomic E-state index is 10.4. The number of hydrogen-bond donors (Lipinski definition) is 1. The molecule has 1 aliphatic rings. The van der Waals surface area contributed by atoms with Gasteiger partial charge in [-0.2, -0.15) is 0 Å². The summed E-state index contributed by atoms with van der Waals surface area (Å²) in [5, 5.41) is 8.53. The molecule has 0 heterocycles. The van der Waals surface area contributed by atoms with E-state index in [1.165, 1.54) is 0 Å². The third-order valence-electron chi connectivity index (χ3n) is 1.75. The van der Waals surface area contributed by atoms with Crippen LogP contribution in [0.25, 0.3) is 0 Å². The first-order chi connectivity index (χ1) is 4.22. The van der Waals surface area contributed by atoms with Crippen LogP contribution < -0.4 is 0 Å². The largest absolute Gasteiger partial charge is 0.478 e. The Kier molecular flexibility index (Phi) is 1.56. The molecule has 0 aromatic heterocycles. The lowest BCUT2D eigenvalue weighted by atomic mass is 10.2. The molecule has 1 rings (SSSR count). The number of carboxylic acids is 1. The molecule has 0 spiro atoms. The van der Waals surface area contributed by atoms with Crippen LogP contribution in [0, 0.1) is 0 Å².